The largest absolute Gasteiger partial charge is 0.397 e. The van der Waals surface area contributed by atoms with Crippen LogP contribution in [0, 0.1) is 0 Å². The minimum Gasteiger partial charge on any atom is -0.397 e. The van der Waals surface area contributed by atoms with Crippen molar-refractivity contribution in [3.05, 3.63) is 24.5 Å². The molecule has 0 bridgehead atoms. The Morgan fingerprint density at radius 2 is 2.31 bits per heavy atom. The van der Waals surface area contributed by atoms with Gasteiger partial charge in [0.1, 0.15) is 0 Å². The Balaban J connectivity index is 0.000000132. The summed E-state index contributed by atoms with van der Waals surface area (Å²) in [4.78, 5) is 7.91. The van der Waals surface area contributed by atoms with E-state index in [2.05, 4.69) is 16.9 Å². The average Bonchev–Trinajstić information content (AvgIpc) is 2.58. The van der Waals surface area contributed by atoms with Crippen molar-refractivity contribution in [2.75, 3.05) is 12.3 Å². The summed E-state index contributed by atoms with van der Waals surface area (Å²) in [6, 6.07) is 3.60. The molecule has 0 radical (unpaired) electrons. The smallest absolute Gasteiger partial charge is 0.0500 e. The van der Waals surface area contributed by atoms with Gasteiger partial charge in [0.25, 0.3) is 0 Å². The molecule has 2 N–H and O–H groups in total. The second kappa shape index (κ2) is 5.30. The number of rotatable bonds is 0. The molecule has 3 heteroatoms. The van der Waals surface area contributed by atoms with Crippen molar-refractivity contribution in [3.63, 3.8) is 0 Å². The third-order valence-corrected chi connectivity index (χ3v) is 1.76. The fourth-order valence-electron chi connectivity index (χ4n) is 1.06. The van der Waals surface area contributed by atoms with Crippen LogP contribution < -0.4 is 5.73 Å². The predicted octanol–water partition coefficient (Wildman–Crippen LogP) is 1.90. The molecule has 1 aromatic rings. The summed E-state index contributed by atoms with van der Waals surface area (Å²) in [5, 5.41) is 0. The Hall–Kier alpha value is -1.38. The molecular formula is C10H15N3. The van der Waals surface area contributed by atoms with Crippen LogP contribution in [0.5, 0.6) is 0 Å². The number of anilines is 1. The molecule has 3 nitrogen and oxygen atoms in total. The Morgan fingerprint density at radius 1 is 1.46 bits per heavy atom. The first-order chi connectivity index (χ1) is 6.29. The standard InChI is InChI=1S/C5H6N2.C5H9N/c6-5-2-1-3-7-4-5;1-5-3-2-4-6-5/h1-4H,6H2;2-4H2,1H3. The third-order valence-electron chi connectivity index (χ3n) is 1.76. The van der Waals surface area contributed by atoms with Gasteiger partial charge in [-0.3, -0.25) is 9.98 Å². The van der Waals surface area contributed by atoms with Gasteiger partial charge in [-0.25, -0.2) is 0 Å². The molecule has 0 aliphatic carbocycles. The number of nitrogens with zero attached hydrogens (tertiary/aromatic N) is 2. The van der Waals surface area contributed by atoms with Crippen molar-refractivity contribution in [3.8, 4) is 0 Å². The highest BCUT2D eigenvalue weighted by Gasteiger charge is 1.96. The Bertz CT molecular complexity index is 267. The number of hydrogen-bond donors (Lipinski definition) is 1. The topological polar surface area (TPSA) is 51.3 Å². The van der Waals surface area contributed by atoms with Gasteiger partial charge in [-0.15, -0.1) is 0 Å². The maximum absolute atomic E-state index is 5.30. The predicted molar refractivity (Wildman–Crippen MR) is 55.9 cm³/mol. The van der Waals surface area contributed by atoms with Gasteiger partial charge in [-0.1, -0.05) is 0 Å². The number of pyridine rings is 1. The number of aliphatic imine (C=N–C) groups is 1. The molecule has 0 unspecified atom stereocenters. The summed E-state index contributed by atoms with van der Waals surface area (Å²) in [5.74, 6) is 0. The summed E-state index contributed by atoms with van der Waals surface area (Å²) in [6.07, 6.45) is 5.82. The molecule has 0 fully saturated rings. The van der Waals surface area contributed by atoms with E-state index < -0.39 is 0 Å². The van der Waals surface area contributed by atoms with Crippen LogP contribution >= 0.6 is 0 Å². The first-order valence-corrected chi connectivity index (χ1v) is 4.44. The molecule has 70 valence electrons. The minimum absolute atomic E-state index is 0.711. The SMILES string of the molecule is CC1=NCCC1.Nc1cccnc1. The van der Waals surface area contributed by atoms with Gasteiger partial charge >= 0.3 is 0 Å². The van der Waals surface area contributed by atoms with E-state index in [1.54, 1.807) is 24.5 Å². The van der Waals surface area contributed by atoms with E-state index in [4.69, 9.17) is 5.73 Å². The van der Waals surface area contributed by atoms with Crippen LogP contribution in [-0.2, 0) is 0 Å². The summed E-state index contributed by atoms with van der Waals surface area (Å²) in [7, 11) is 0. The van der Waals surface area contributed by atoms with E-state index in [1.807, 2.05) is 0 Å². The lowest BCUT2D eigenvalue weighted by atomic mass is 10.3. The highest BCUT2D eigenvalue weighted by molar-refractivity contribution is 5.83. The van der Waals surface area contributed by atoms with Crippen LogP contribution in [0.1, 0.15) is 19.8 Å². The average molecular weight is 177 g/mol. The molecular weight excluding hydrogens is 162 g/mol. The fourth-order valence-corrected chi connectivity index (χ4v) is 1.06. The lowest BCUT2D eigenvalue weighted by Crippen LogP contribution is -1.82. The summed E-state index contributed by atoms with van der Waals surface area (Å²) >= 11 is 0. The zero-order valence-electron chi connectivity index (χ0n) is 7.90. The summed E-state index contributed by atoms with van der Waals surface area (Å²) in [6.45, 7) is 3.17. The Labute approximate surface area is 78.7 Å². The van der Waals surface area contributed by atoms with Crippen LogP contribution in [0.2, 0.25) is 0 Å². The van der Waals surface area contributed by atoms with Crippen molar-refractivity contribution in [1.29, 1.82) is 0 Å². The van der Waals surface area contributed by atoms with Crippen molar-refractivity contribution in [1.82, 2.24) is 4.98 Å². The van der Waals surface area contributed by atoms with Gasteiger partial charge in [-0.05, 0) is 31.9 Å². The second-order valence-corrected chi connectivity index (χ2v) is 3.01. The maximum Gasteiger partial charge on any atom is 0.0500 e. The molecule has 0 saturated heterocycles. The molecule has 2 heterocycles. The van der Waals surface area contributed by atoms with E-state index in [0.717, 1.165) is 6.54 Å². The van der Waals surface area contributed by atoms with E-state index in [9.17, 15) is 0 Å². The number of aromatic nitrogens is 1. The lowest BCUT2D eigenvalue weighted by molar-refractivity contribution is 0.951. The van der Waals surface area contributed by atoms with Gasteiger partial charge in [0.2, 0.25) is 0 Å². The van der Waals surface area contributed by atoms with Crippen LogP contribution in [0.15, 0.2) is 29.5 Å². The highest BCUT2D eigenvalue weighted by atomic mass is 14.7. The zero-order chi connectivity index (χ0) is 9.52. The maximum atomic E-state index is 5.30. The molecule has 0 spiro atoms. The number of hydrogen-bond acceptors (Lipinski definition) is 3. The van der Waals surface area contributed by atoms with Crippen molar-refractivity contribution in [2.45, 2.75) is 19.8 Å². The monoisotopic (exact) mass is 177 g/mol. The van der Waals surface area contributed by atoms with Crippen molar-refractivity contribution >= 4 is 11.4 Å². The number of nitrogens with two attached hydrogens (primary N) is 1. The summed E-state index contributed by atoms with van der Waals surface area (Å²) in [5.41, 5.74) is 7.33. The van der Waals surface area contributed by atoms with Gasteiger partial charge in [0.05, 0.1) is 5.69 Å². The minimum atomic E-state index is 0.711. The van der Waals surface area contributed by atoms with Crippen LogP contribution in [-0.4, -0.2) is 17.2 Å². The van der Waals surface area contributed by atoms with Crippen molar-refractivity contribution < 1.29 is 0 Å². The molecule has 0 aromatic carbocycles. The third kappa shape index (κ3) is 4.25. The van der Waals surface area contributed by atoms with E-state index in [0.29, 0.717) is 5.69 Å². The first-order valence-electron chi connectivity index (χ1n) is 4.44. The molecule has 1 aliphatic heterocycles. The van der Waals surface area contributed by atoms with E-state index in [-0.39, 0.29) is 0 Å². The van der Waals surface area contributed by atoms with Crippen molar-refractivity contribution in [2.24, 2.45) is 4.99 Å². The van der Waals surface area contributed by atoms with Crippen LogP contribution in [0.3, 0.4) is 0 Å². The Morgan fingerprint density at radius 3 is 2.54 bits per heavy atom. The normalized spacial score (nSPS) is 14.4. The molecule has 1 aliphatic rings. The fraction of sp³-hybridized carbons (Fsp3) is 0.400. The van der Waals surface area contributed by atoms with E-state index in [1.165, 1.54) is 18.6 Å². The van der Waals surface area contributed by atoms with Gasteiger partial charge < -0.3 is 5.73 Å². The van der Waals surface area contributed by atoms with Gasteiger partial charge in [0.15, 0.2) is 0 Å². The molecule has 0 amide bonds. The summed E-state index contributed by atoms with van der Waals surface area (Å²) < 4.78 is 0. The van der Waals surface area contributed by atoms with E-state index >= 15 is 0 Å². The van der Waals surface area contributed by atoms with Gasteiger partial charge in [-0.2, -0.15) is 0 Å². The van der Waals surface area contributed by atoms with Crippen LogP contribution in [0.4, 0.5) is 5.69 Å². The highest BCUT2D eigenvalue weighted by Crippen LogP contribution is 2.00. The zero-order valence-corrected chi connectivity index (χ0v) is 7.90. The molecule has 13 heavy (non-hydrogen) atoms. The molecule has 1 aromatic heterocycles. The molecule has 2 rings (SSSR count). The number of nitrogen functional groups attached to an aromatic ring is 1. The molecule has 0 atom stereocenters. The second-order valence-electron chi connectivity index (χ2n) is 3.01. The first kappa shape index (κ1) is 9.71. The van der Waals surface area contributed by atoms with Gasteiger partial charge in [0, 0.05) is 24.7 Å². The molecule has 0 saturated carbocycles. The Kier molecular flexibility index (Phi) is 3.96. The van der Waals surface area contributed by atoms with Crippen LogP contribution in [0.25, 0.3) is 0 Å². The quantitative estimate of drug-likeness (QED) is 0.658. The lowest BCUT2D eigenvalue weighted by Gasteiger charge is -1.83.